The van der Waals surface area contributed by atoms with Gasteiger partial charge in [0.15, 0.2) is 0 Å². The first-order valence-electron chi connectivity index (χ1n) is 12.3. The second kappa shape index (κ2) is 12.4. The summed E-state index contributed by atoms with van der Waals surface area (Å²) in [6.07, 6.45) is 4.43. The van der Waals surface area contributed by atoms with E-state index in [0.717, 1.165) is 18.4 Å². The fraction of sp³-hybridized carbons (Fsp3) is 0.194. The van der Waals surface area contributed by atoms with E-state index >= 15 is 0 Å². The number of benzene rings is 4. The molecule has 0 aliphatic rings. The molecule has 4 rings (SSSR count). The van der Waals surface area contributed by atoms with E-state index in [-0.39, 0.29) is 0 Å². The van der Waals surface area contributed by atoms with Crippen molar-refractivity contribution in [3.63, 3.8) is 0 Å². The standard InChI is InChI=1S/C31H33GeNO/c1-2-3-8-25-31(33-34-26-27-17-9-4-10-18-27)32(28-19-11-5-12-20-28,29-21-13-6-14-22-29)30-23-15-7-16-24-30/h4-7,9-24H,2-3,8,25-26H2,1H3/b33-31-. The third-order valence-corrected chi connectivity index (χ3v) is 16.4. The molecule has 2 nitrogen and oxygen atoms in total. The zero-order valence-corrected chi connectivity index (χ0v) is 22.0. The van der Waals surface area contributed by atoms with Gasteiger partial charge in [0.25, 0.3) is 0 Å². The molecule has 0 N–H and O–H groups in total. The molecule has 0 aliphatic carbocycles. The Morgan fingerprint density at radius 3 is 1.50 bits per heavy atom. The van der Waals surface area contributed by atoms with Crippen LogP contribution in [0, 0.1) is 0 Å². The van der Waals surface area contributed by atoms with Crippen LogP contribution in [0.4, 0.5) is 0 Å². The van der Waals surface area contributed by atoms with Crippen LogP contribution >= 0.6 is 0 Å². The van der Waals surface area contributed by atoms with Crippen LogP contribution in [0.3, 0.4) is 0 Å². The minimum atomic E-state index is -3.35. The molecular formula is C31H33GeNO. The normalized spacial score (nSPS) is 11.9. The first kappa shape index (κ1) is 24.0. The van der Waals surface area contributed by atoms with Crippen molar-refractivity contribution in [3.05, 3.63) is 127 Å². The van der Waals surface area contributed by atoms with Gasteiger partial charge in [0.05, 0.1) is 0 Å². The second-order valence-electron chi connectivity index (χ2n) is 8.60. The molecule has 0 fully saturated rings. The van der Waals surface area contributed by atoms with Crippen LogP contribution in [0.25, 0.3) is 0 Å². The molecular weight excluding hydrogens is 475 g/mol. The summed E-state index contributed by atoms with van der Waals surface area (Å²) in [7, 11) is 0. The van der Waals surface area contributed by atoms with Gasteiger partial charge in [-0.15, -0.1) is 0 Å². The van der Waals surface area contributed by atoms with Crippen molar-refractivity contribution in [2.75, 3.05) is 0 Å². The van der Waals surface area contributed by atoms with E-state index in [0.29, 0.717) is 6.61 Å². The van der Waals surface area contributed by atoms with Gasteiger partial charge in [-0.25, -0.2) is 0 Å². The Kier molecular flexibility index (Phi) is 8.75. The summed E-state index contributed by atoms with van der Waals surface area (Å²) in [5, 5.41) is 4.99. The Hall–Kier alpha value is -3.11. The number of rotatable bonds is 11. The molecule has 34 heavy (non-hydrogen) atoms. The van der Waals surface area contributed by atoms with Crippen LogP contribution in [-0.2, 0) is 11.4 Å². The first-order chi connectivity index (χ1) is 16.9. The average molecular weight is 508 g/mol. The summed E-state index contributed by atoms with van der Waals surface area (Å²) in [4.78, 5) is 6.12. The topological polar surface area (TPSA) is 21.6 Å². The quantitative estimate of drug-likeness (QED) is 0.108. The fourth-order valence-electron chi connectivity index (χ4n) is 4.67. The molecule has 0 aliphatic heterocycles. The van der Waals surface area contributed by atoms with Crippen LogP contribution in [0.1, 0.15) is 38.2 Å². The van der Waals surface area contributed by atoms with Crippen LogP contribution < -0.4 is 13.2 Å². The van der Waals surface area contributed by atoms with E-state index in [4.69, 9.17) is 9.99 Å². The van der Waals surface area contributed by atoms with Crippen molar-refractivity contribution < 1.29 is 4.84 Å². The SMILES string of the molecule is CCCCC/[C](=N/OCc1ccccc1)[Ge]([c]1ccccc1)([c]1ccccc1)[c]1ccccc1. The van der Waals surface area contributed by atoms with Crippen molar-refractivity contribution >= 4 is 31.0 Å². The number of nitrogens with zero attached hydrogens (tertiary/aromatic N) is 1. The minimum absolute atomic E-state index is 0.481. The molecule has 0 bridgehead atoms. The van der Waals surface area contributed by atoms with E-state index in [9.17, 15) is 0 Å². The molecule has 0 amide bonds. The van der Waals surface area contributed by atoms with E-state index in [1.54, 1.807) is 0 Å². The van der Waals surface area contributed by atoms with E-state index in [1.165, 1.54) is 30.6 Å². The number of oxime groups is 1. The molecule has 0 aromatic heterocycles. The van der Waals surface area contributed by atoms with Crippen LogP contribution in [-0.4, -0.2) is 17.8 Å². The predicted molar refractivity (Wildman–Crippen MR) is 147 cm³/mol. The van der Waals surface area contributed by atoms with Crippen molar-refractivity contribution in [2.45, 2.75) is 39.2 Å². The Balaban J connectivity index is 1.89. The van der Waals surface area contributed by atoms with Gasteiger partial charge in [0.2, 0.25) is 0 Å². The fourth-order valence-corrected chi connectivity index (χ4v) is 14.8. The molecule has 0 unspecified atom stereocenters. The van der Waals surface area contributed by atoms with Crippen molar-refractivity contribution in [1.82, 2.24) is 0 Å². The van der Waals surface area contributed by atoms with Gasteiger partial charge in [-0.3, -0.25) is 0 Å². The third-order valence-electron chi connectivity index (χ3n) is 6.32. The predicted octanol–water partition coefficient (Wildman–Crippen LogP) is 5.85. The molecule has 172 valence electrons. The number of unbranched alkanes of at least 4 members (excludes halogenated alkanes) is 2. The molecule has 4 aromatic rings. The van der Waals surface area contributed by atoms with Gasteiger partial charge in [0.1, 0.15) is 0 Å². The summed E-state index contributed by atoms with van der Waals surface area (Å²) >= 11 is -3.35. The third kappa shape index (κ3) is 5.51. The van der Waals surface area contributed by atoms with Crippen molar-refractivity contribution in [1.29, 1.82) is 0 Å². The first-order valence-corrected chi connectivity index (χ1v) is 16.4. The monoisotopic (exact) mass is 509 g/mol. The maximum atomic E-state index is 6.12. The van der Waals surface area contributed by atoms with Crippen molar-refractivity contribution in [2.24, 2.45) is 5.16 Å². The second-order valence-corrected chi connectivity index (χ2v) is 16.6. The Labute approximate surface area is 206 Å². The van der Waals surface area contributed by atoms with Gasteiger partial charge in [-0.2, -0.15) is 0 Å². The van der Waals surface area contributed by atoms with Gasteiger partial charge < -0.3 is 0 Å². The number of hydrogen-bond donors (Lipinski definition) is 0. The molecule has 4 aromatic carbocycles. The molecule has 0 saturated carbocycles. The van der Waals surface area contributed by atoms with E-state index < -0.39 is 13.3 Å². The summed E-state index contributed by atoms with van der Waals surface area (Å²) < 4.78 is 5.39. The Morgan fingerprint density at radius 2 is 1.06 bits per heavy atom. The zero-order chi connectivity index (χ0) is 23.5. The van der Waals surface area contributed by atoms with Gasteiger partial charge in [-0.05, 0) is 0 Å². The molecule has 0 spiro atoms. The van der Waals surface area contributed by atoms with Crippen LogP contribution in [0.2, 0.25) is 0 Å². The van der Waals surface area contributed by atoms with Crippen LogP contribution in [0.15, 0.2) is 126 Å². The maximum absolute atomic E-state index is 6.12. The Bertz CT molecular complexity index is 1050. The summed E-state index contributed by atoms with van der Waals surface area (Å²) in [5.74, 6) is 0. The molecule has 0 saturated heterocycles. The molecule has 3 heteroatoms. The molecule has 0 heterocycles. The number of hydrogen-bond acceptors (Lipinski definition) is 2. The van der Waals surface area contributed by atoms with Gasteiger partial charge in [-0.1, -0.05) is 0 Å². The summed E-state index contributed by atoms with van der Waals surface area (Å²) in [6, 6.07) is 43.4. The Morgan fingerprint density at radius 1 is 0.618 bits per heavy atom. The van der Waals surface area contributed by atoms with Gasteiger partial charge in [0, 0.05) is 0 Å². The summed E-state index contributed by atoms with van der Waals surface area (Å²) in [5.41, 5.74) is 1.14. The van der Waals surface area contributed by atoms with Crippen LogP contribution in [0.5, 0.6) is 0 Å². The molecule has 0 radical (unpaired) electrons. The molecule has 0 atom stereocenters. The van der Waals surface area contributed by atoms with E-state index in [2.05, 4.69) is 110 Å². The van der Waals surface area contributed by atoms with E-state index in [1.807, 2.05) is 18.2 Å². The van der Waals surface area contributed by atoms with Crippen molar-refractivity contribution in [3.8, 4) is 0 Å². The van der Waals surface area contributed by atoms with Gasteiger partial charge >= 0.3 is 207 Å². The summed E-state index contributed by atoms with van der Waals surface area (Å²) in [6.45, 7) is 2.73. The average Bonchev–Trinajstić information content (AvgIpc) is 2.91. The zero-order valence-electron chi connectivity index (χ0n) is 19.9.